The number of carboxylic acid groups (broad SMARTS) is 1. The van der Waals surface area contributed by atoms with Gasteiger partial charge < -0.3 is 10.0 Å². The molecule has 1 N–H and O–H groups in total. The molecule has 7 nitrogen and oxygen atoms in total. The maximum Gasteiger partial charge on any atom is 0.290 e. The number of fused-ring (bicyclic) bond motifs is 1. The van der Waals surface area contributed by atoms with E-state index < -0.39 is 0 Å². The maximum atomic E-state index is 12.9. The highest BCUT2D eigenvalue weighted by molar-refractivity contribution is 7.16. The van der Waals surface area contributed by atoms with Crippen LogP contribution in [0.3, 0.4) is 0 Å². The Morgan fingerprint density at radius 3 is 2.82 bits per heavy atom. The van der Waals surface area contributed by atoms with E-state index in [-0.39, 0.29) is 12.4 Å². The van der Waals surface area contributed by atoms with Gasteiger partial charge in [-0.05, 0) is 31.5 Å². The largest absolute Gasteiger partial charge is 0.483 e. The number of benzene rings is 1. The van der Waals surface area contributed by atoms with Crippen LogP contribution in [-0.2, 0) is 11.3 Å². The van der Waals surface area contributed by atoms with Crippen LogP contribution in [0.2, 0.25) is 0 Å². The minimum Gasteiger partial charge on any atom is -0.483 e. The number of nitrogens with zero attached hydrogens (tertiary/aromatic N) is 4. The topological polar surface area (TPSA) is 86.6 Å². The number of aryl methyl sites for hydroxylation is 1. The first-order valence-electron chi connectivity index (χ1n) is 8.94. The predicted octanol–water partition coefficient (Wildman–Crippen LogP) is 3.11. The van der Waals surface area contributed by atoms with Crippen LogP contribution in [0.1, 0.15) is 27.5 Å². The summed E-state index contributed by atoms with van der Waals surface area (Å²) in [6, 6.07) is 5.80. The smallest absolute Gasteiger partial charge is 0.290 e. The first-order chi connectivity index (χ1) is 13.6. The Hall–Kier alpha value is -2.36. The maximum absolute atomic E-state index is 12.9. The van der Waals surface area contributed by atoms with Gasteiger partial charge in [0.25, 0.3) is 12.4 Å². The average molecular weight is 419 g/mol. The molecule has 1 fully saturated rings. The lowest BCUT2D eigenvalue weighted by Gasteiger charge is -2.21. The number of thiazole rings is 2. The van der Waals surface area contributed by atoms with E-state index in [1.165, 1.54) is 0 Å². The van der Waals surface area contributed by atoms with E-state index in [0.29, 0.717) is 0 Å². The lowest BCUT2D eigenvalue weighted by molar-refractivity contribution is -0.122. The van der Waals surface area contributed by atoms with E-state index in [4.69, 9.17) is 9.90 Å². The highest BCUT2D eigenvalue weighted by atomic mass is 32.1. The zero-order chi connectivity index (χ0) is 19.9. The quantitative estimate of drug-likeness (QED) is 0.658. The number of carbonyl (C=O) groups is 2. The summed E-state index contributed by atoms with van der Waals surface area (Å²) in [5.41, 5.74) is 4.64. The van der Waals surface area contributed by atoms with Crippen molar-refractivity contribution in [3.8, 4) is 0 Å². The van der Waals surface area contributed by atoms with E-state index >= 15 is 0 Å². The molecule has 0 spiro atoms. The SMILES string of the molecule is Cc1csc(CN2CCCN(C(=O)c3ccc4ncsc4c3)CC2)n1.O=CO. The molecule has 9 heteroatoms. The summed E-state index contributed by atoms with van der Waals surface area (Å²) in [4.78, 5) is 34.4. The normalized spacial score (nSPS) is 15.0. The van der Waals surface area contributed by atoms with Crippen LogP contribution in [0.15, 0.2) is 29.1 Å². The van der Waals surface area contributed by atoms with Crippen LogP contribution >= 0.6 is 22.7 Å². The Morgan fingerprint density at radius 1 is 1.25 bits per heavy atom. The molecule has 1 saturated heterocycles. The molecule has 1 amide bonds. The van der Waals surface area contributed by atoms with Crippen LogP contribution < -0.4 is 0 Å². The number of hydrogen-bond acceptors (Lipinski definition) is 7. The van der Waals surface area contributed by atoms with Gasteiger partial charge >= 0.3 is 0 Å². The zero-order valence-electron chi connectivity index (χ0n) is 15.6. The van der Waals surface area contributed by atoms with Crippen LogP contribution in [-0.4, -0.2) is 63.4 Å². The van der Waals surface area contributed by atoms with Crippen LogP contribution in [0.5, 0.6) is 0 Å². The van der Waals surface area contributed by atoms with E-state index in [2.05, 4.69) is 20.2 Å². The summed E-state index contributed by atoms with van der Waals surface area (Å²) in [6.07, 6.45) is 0.999. The summed E-state index contributed by atoms with van der Waals surface area (Å²) < 4.78 is 1.07. The van der Waals surface area contributed by atoms with E-state index in [1.807, 2.05) is 35.5 Å². The van der Waals surface area contributed by atoms with Crippen LogP contribution in [0.25, 0.3) is 10.2 Å². The average Bonchev–Trinajstić information content (AvgIpc) is 3.25. The Bertz CT molecular complexity index is 940. The molecule has 0 atom stereocenters. The van der Waals surface area contributed by atoms with Crippen molar-refractivity contribution in [1.82, 2.24) is 19.8 Å². The van der Waals surface area contributed by atoms with Crippen LogP contribution in [0, 0.1) is 6.92 Å². The number of rotatable bonds is 3. The number of carbonyl (C=O) groups excluding carboxylic acids is 1. The summed E-state index contributed by atoms with van der Waals surface area (Å²) >= 11 is 3.30. The molecular formula is C19H22N4O3S2. The van der Waals surface area contributed by atoms with E-state index in [9.17, 15) is 4.79 Å². The lowest BCUT2D eigenvalue weighted by Crippen LogP contribution is -2.35. The molecule has 0 saturated carbocycles. The van der Waals surface area contributed by atoms with Gasteiger partial charge in [0.05, 0.1) is 22.3 Å². The summed E-state index contributed by atoms with van der Waals surface area (Å²) in [5, 5.41) is 10.1. The van der Waals surface area contributed by atoms with E-state index in [1.54, 1.807) is 22.7 Å². The molecule has 0 aliphatic carbocycles. The Kier molecular flexibility index (Phi) is 7.07. The third-order valence-electron chi connectivity index (χ3n) is 4.48. The fraction of sp³-hybridized carbons (Fsp3) is 0.368. The third kappa shape index (κ3) is 5.12. The first-order valence-corrected chi connectivity index (χ1v) is 10.7. The number of hydrogen-bond donors (Lipinski definition) is 1. The van der Waals surface area contributed by atoms with E-state index in [0.717, 1.165) is 65.6 Å². The van der Waals surface area contributed by atoms with Gasteiger partial charge in [-0.2, -0.15) is 0 Å². The summed E-state index contributed by atoms with van der Waals surface area (Å²) in [6.45, 7) is 6.15. The van der Waals surface area contributed by atoms with Gasteiger partial charge in [0.2, 0.25) is 0 Å². The molecule has 2 aromatic heterocycles. The Balaban J connectivity index is 0.000000706. The zero-order valence-corrected chi connectivity index (χ0v) is 17.2. The fourth-order valence-corrected chi connectivity index (χ4v) is 4.70. The molecule has 0 unspecified atom stereocenters. The molecule has 0 radical (unpaired) electrons. The molecule has 3 aromatic rings. The summed E-state index contributed by atoms with van der Waals surface area (Å²) in [7, 11) is 0. The highest BCUT2D eigenvalue weighted by Crippen LogP contribution is 2.21. The monoisotopic (exact) mass is 418 g/mol. The summed E-state index contributed by atoms with van der Waals surface area (Å²) in [5.74, 6) is 0.127. The molecule has 3 heterocycles. The minimum atomic E-state index is -0.250. The van der Waals surface area contributed by atoms with Crippen molar-refractivity contribution in [2.24, 2.45) is 0 Å². The van der Waals surface area contributed by atoms with Gasteiger partial charge in [0, 0.05) is 42.8 Å². The molecule has 1 aliphatic rings. The van der Waals surface area contributed by atoms with Crippen molar-refractivity contribution in [3.05, 3.63) is 45.4 Å². The van der Waals surface area contributed by atoms with Gasteiger partial charge in [0.15, 0.2) is 0 Å². The van der Waals surface area contributed by atoms with Crippen molar-refractivity contribution in [2.75, 3.05) is 26.2 Å². The van der Waals surface area contributed by atoms with Crippen molar-refractivity contribution in [3.63, 3.8) is 0 Å². The molecule has 1 aromatic carbocycles. The van der Waals surface area contributed by atoms with Gasteiger partial charge in [-0.15, -0.1) is 22.7 Å². The second-order valence-corrected chi connectivity index (χ2v) is 8.27. The number of amides is 1. The molecular weight excluding hydrogens is 396 g/mol. The number of aromatic nitrogens is 2. The third-order valence-corrected chi connectivity index (χ3v) is 6.22. The molecule has 4 rings (SSSR count). The van der Waals surface area contributed by atoms with Crippen molar-refractivity contribution in [1.29, 1.82) is 0 Å². The van der Waals surface area contributed by atoms with Gasteiger partial charge in [-0.3, -0.25) is 14.5 Å². The van der Waals surface area contributed by atoms with Crippen molar-refractivity contribution < 1.29 is 14.7 Å². The second kappa shape index (κ2) is 9.72. The fourth-order valence-electron chi connectivity index (χ4n) is 3.17. The highest BCUT2D eigenvalue weighted by Gasteiger charge is 2.21. The van der Waals surface area contributed by atoms with Gasteiger partial charge in [-0.25, -0.2) is 9.97 Å². The molecule has 0 bridgehead atoms. The molecule has 1 aliphatic heterocycles. The van der Waals surface area contributed by atoms with Crippen molar-refractivity contribution in [2.45, 2.75) is 19.9 Å². The Morgan fingerprint density at radius 2 is 2.07 bits per heavy atom. The van der Waals surface area contributed by atoms with Gasteiger partial charge in [-0.1, -0.05) is 0 Å². The van der Waals surface area contributed by atoms with Crippen LogP contribution in [0.4, 0.5) is 0 Å². The second-order valence-electron chi connectivity index (χ2n) is 6.44. The lowest BCUT2D eigenvalue weighted by atomic mass is 10.2. The molecule has 148 valence electrons. The van der Waals surface area contributed by atoms with Crippen molar-refractivity contribution >= 4 is 45.3 Å². The minimum absolute atomic E-state index is 0.127. The first kappa shape index (κ1) is 20.4. The standard InChI is InChI=1S/C18H20N4OS2.CH2O2/c1-13-11-24-17(20-13)10-21-5-2-6-22(8-7-21)18(23)14-3-4-15-16(9-14)25-12-19-15;2-1-3/h3-4,9,11-12H,2,5-8,10H2,1H3;1H,(H,2,3). The van der Waals surface area contributed by atoms with Gasteiger partial charge in [0.1, 0.15) is 5.01 Å². The molecule has 28 heavy (non-hydrogen) atoms. The Labute approximate surface area is 171 Å². The predicted molar refractivity (Wildman–Crippen MR) is 111 cm³/mol.